The molecule has 0 bridgehead atoms. The Morgan fingerprint density at radius 1 is 0.590 bits per heavy atom. The van der Waals surface area contributed by atoms with Crippen molar-refractivity contribution in [3.8, 4) is 11.1 Å². The second-order valence-corrected chi connectivity index (χ2v) is 17.8. The van der Waals surface area contributed by atoms with Gasteiger partial charge in [-0.15, -0.1) is 0 Å². The first kappa shape index (κ1) is 37.3. The number of fused-ring (bicyclic) bond motifs is 7. The van der Waals surface area contributed by atoms with Crippen LogP contribution < -0.4 is 4.90 Å². The lowest BCUT2D eigenvalue weighted by Gasteiger charge is -2.37. The second-order valence-electron chi connectivity index (χ2n) is 17.8. The van der Waals surface area contributed by atoms with Gasteiger partial charge in [0.25, 0.3) is 0 Å². The number of rotatable bonds is 6. The fourth-order valence-corrected chi connectivity index (χ4v) is 11.2. The van der Waals surface area contributed by atoms with Crippen molar-refractivity contribution >= 4 is 16.9 Å². The molecule has 0 N–H and O–H groups in total. The van der Waals surface area contributed by atoms with Crippen molar-refractivity contribution in [3.63, 3.8) is 0 Å². The van der Waals surface area contributed by atoms with Gasteiger partial charge in [-0.05, 0) is 117 Å². The van der Waals surface area contributed by atoms with E-state index in [9.17, 15) is 0 Å². The lowest BCUT2D eigenvalue weighted by molar-refractivity contribution is 0.609. The molecule has 11 rings (SSSR count). The molecule has 0 amide bonds. The highest BCUT2D eigenvalue weighted by Crippen LogP contribution is 2.59. The number of hydrogen-bond acceptors (Lipinski definition) is 1. The zero-order chi connectivity index (χ0) is 41.0. The molecule has 0 saturated carbocycles. The lowest BCUT2D eigenvalue weighted by atomic mass is 9.66. The maximum Gasteiger partial charge on any atom is 0.0711 e. The minimum atomic E-state index is -0.432. The number of allylic oxidation sites excluding steroid dienone is 19. The molecular formula is C60H51N. The summed E-state index contributed by atoms with van der Waals surface area (Å²) in [5.74, 6) is 0.737. The molecule has 6 aliphatic rings. The summed E-state index contributed by atoms with van der Waals surface area (Å²) in [5.41, 5.74) is 19.4. The van der Waals surface area contributed by atoms with Crippen LogP contribution in [0.3, 0.4) is 0 Å². The Morgan fingerprint density at radius 2 is 1.34 bits per heavy atom. The van der Waals surface area contributed by atoms with Crippen molar-refractivity contribution in [1.29, 1.82) is 0 Å². The summed E-state index contributed by atoms with van der Waals surface area (Å²) < 4.78 is 0. The molecule has 296 valence electrons. The third-order valence-corrected chi connectivity index (χ3v) is 14.1. The smallest absolute Gasteiger partial charge is 0.0711 e. The van der Waals surface area contributed by atoms with Gasteiger partial charge in [0.15, 0.2) is 0 Å². The van der Waals surface area contributed by atoms with Crippen LogP contribution in [0.25, 0.3) is 16.7 Å². The van der Waals surface area contributed by atoms with E-state index < -0.39 is 5.41 Å². The van der Waals surface area contributed by atoms with Crippen LogP contribution in [0.1, 0.15) is 78.8 Å². The van der Waals surface area contributed by atoms with Gasteiger partial charge in [-0.2, -0.15) is 0 Å². The van der Waals surface area contributed by atoms with Crippen molar-refractivity contribution in [2.24, 2.45) is 5.92 Å². The van der Waals surface area contributed by atoms with Gasteiger partial charge in [0.05, 0.1) is 5.41 Å². The Hall–Kier alpha value is -6.70. The predicted molar refractivity (Wildman–Crippen MR) is 257 cm³/mol. The summed E-state index contributed by atoms with van der Waals surface area (Å²) in [5, 5.41) is 0. The van der Waals surface area contributed by atoms with Crippen LogP contribution in [-0.4, -0.2) is 0 Å². The Bertz CT molecular complexity index is 2880. The Kier molecular flexibility index (Phi) is 9.23. The van der Waals surface area contributed by atoms with Crippen LogP contribution in [-0.2, 0) is 10.8 Å². The Balaban J connectivity index is 1.06. The zero-order valence-electron chi connectivity index (χ0n) is 35.1. The van der Waals surface area contributed by atoms with Crippen LogP contribution in [0.15, 0.2) is 235 Å². The van der Waals surface area contributed by atoms with Crippen molar-refractivity contribution in [3.05, 3.63) is 268 Å². The standard InChI is InChI=1S/C60H51N/c1-59(2)55-27-17-15-25-51(55)53-37-35-49(40-57(53)59)61(48-33-31-43(32-34-48)45-30-29-42-19-9-5-3-4-6-10-20-44(42)39-45)50-36-38-54-52-26-16-18-28-56(52)60(58(54)41-50,46-21-11-7-12-22-46)47-23-13-8-14-24-47/h3-7,9-13,15-19,21-36,38-41,44,53H,8,14,20,37H2,1-2H3/b4-3-,9-5-,10-6+,42-19?. The van der Waals surface area contributed by atoms with Crippen LogP contribution in [0, 0.1) is 5.92 Å². The monoisotopic (exact) mass is 785 g/mol. The topological polar surface area (TPSA) is 3.24 Å². The molecule has 0 aromatic heterocycles. The van der Waals surface area contributed by atoms with Crippen LogP contribution in [0.2, 0.25) is 0 Å². The van der Waals surface area contributed by atoms with Gasteiger partial charge in [0, 0.05) is 34.3 Å². The molecular weight excluding hydrogens is 735 g/mol. The molecule has 1 nitrogen and oxygen atoms in total. The van der Waals surface area contributed by atoms with E-state index >= 15 is 0 Å². The molecule has 0 spiro atoms. The van der Waals surface area contributed by atoms with Crippen molar-refractivity contribution in [2.75, 3.05) is 4.90 Å². The SMILES string of the molecule is CC1(C)C2=CC(N(c3ccc(C4=CC5C/C=C/C=C\C=C/C=C5C=C4)cc3)c3ccc4c(c3)C(C3=CCCC=C3)(c3ccccc3)c3ccccc3-4)=CCC2c2ccccc21. The van der Waals surface area contributed by atoms with Crippen LogP contribution in [0.5, 0.6) is 0 Å². The van der Waals surface area contributed by atoms with E-state index in [1.54, 1.807) is 0 Å². The third kappa shape index (κ3) is 6.13. The minimum Gasteiger partial charge on any atom is -0.311 e. The molecule has 5 aromatic carbocycles. The fraction of sp³-hybridized carbons (Fsp3) is 0.167. The van der Waals surface area contributed by atoms with E-state index in [-0.39, 0.29) is 5.41 Å². The largest absolute Gasteiger partial charge is 0.311 e. The lowest BCUT2D eigenvalue weighted by Crippen LogP contribution is -2.30. The van der Waals surface area contributed by atoms with Gasteiger partial charge in [-0.1, -0.05) is 202 Å². The second kappa shape index (κ2) is 15.1. The summed E-state index contributed by atoms with van der Waals surface area (Å²) in [6.45, 7) is 4.83. The van der Waals surface area contributed by atoms with Crippen molar-refractivity contribution in [1.82, 2.24) is 0 Å². The molecule has 3 unspecified atom stereocenters. The third-order valence-electron chi connectivity index (χ3n) is 14.1. The average Bonchev–Trinajstić information content (AvgIpc) is 3.74. The zero-order valence-corrected chi connectivity index (χ0v) is 35.1. The molecule has 61 heavy (non-hydrogen) atoms. The summed E-state index contributed by atoms with van der Waals surface area (Å²) >= 11 is 0. The minimum absolute atomic E-state index is 0.0539. The van der Waals surface area contributed by atoms with E-state index in [2.05, 4.69) is 231 Å². The number of hydrogen-bond donors (Lipinski definition) is 0. The Labute approximate surface area is 361 Å². The summed E-state index contributed by atoms with van der Waals surface area (Å²) in [4.78, 5) is 2.54. The first-order valence-electron chi connectivity index (χ1n) is 22.2. The van der Waals surface area contributed by atoms with Gasteiger partial charge in [-0.25, -0.2) is 0 Å². The van der Waals surface area contributed by atoms with Gasteiger partial charge in [-0.3, -0.25) is 0 Å². The molecule has 0 radical (unpaired) electrons. The van der Waals surface area contributed by atoms with Gasteiger partial charge < -0.3 is 4.90 Å². The average molecular weight is 786 g/mol. The van der Waals surface area contributed by atoms with Crippen molar-refractivity contribution in [2.45, 2.75) is 56.3 Å². The number of benzene rings is 5. The maximum atomic E-state index is 2.54. The van der Waals surface area contributed by atoms with Crippen molar-refractivity contribution < 1.29 is 0 Å². The molecule has 0 saturated heterocycles. The van der Waals surface area contributed by atoms with E-state index in [4.69, 9.17) is 0 Å². The number of anilines is 2. The first-order valence-corrected chi connectivity index (χ1v) is 22.2. The van der Waals surface area contributed by atoms with Gasteiger partial charge in [0.1, 0.15) is 0 Å². The highest BCUT2D eigenvalue weighted by Gasteiger charge is 2.47. The molecule has 0 heterocycles. The fourth-order valence-electron chi connectivity index (χ4n) is 11.2. The molecule has 0 fully saturated rings. The van der Waals surface area contributed by atoms with Gasteiger partial charge in [0.2, 0.25) is 0 Å². The van der Waals surface area contributed by atoms with E-state index in [0.717, 1.165) is 31.4 Å². The first-order chi connectivity index (χ1) is 30.0. The quantitative estimate of drug-likeness (QED) is 0.166. The molecule has 3 atom stereocenters. The van der Waals surface area contributed by atoms with Crippen LogP contribution >= 0.6 is 0 Å². The highest BCUT2D eigenvalue weighted by molar-refractivity contribution is 5.89. The van der Waals surface area contributed by atoms with E-state index in [1.807, 2.05) is 0 Å². The normalized spacial score (nSPS) is 24.3. The Morgan fingerprint density at radius 3 is 2.20 bits per heavy atom. The predicted octanol–water partition coefficient (Wildman–Crippen LogP) is 15.3. The molecule has 6 aliphatic carbocycles. The molecule has 1 heteroatoms. The van der Waals surface area contributed by atoms with E-state index in [0.29, 0.717) is 11.8 Å². The van der Waals surface area contributed by atoms with Gasteiger partial charge >= 0.3 is 0 Å². The maximum absolute atomic E-state index is 2.54. The van der Waals surface area contributed by atoms with Crippen LogP contribution in [0.4, 0.5) is 11.4 Å². The molecule has 0 aliphatic heterocycles. The van der Waals surface area contributed by atoms with E-state index in [1.165, 1.54) is 78.2 Å². The number of nitrogens with zero attached hydrogens (tertiary/aromatic N) is 1. The highest BCUT2D eigenvalue weighted by atomic mass is 15.1. The molecule has 5 aromatic rings. The summed E-state index contributed by atoms with van der Waals surface area (Å²) in [6.07, 6.45) is 38.6. The summed E-state index contributed by atoms with van der Waals surface area (Å²) in [6, 6.07) is 46.1. The summed E-state index contributed by atoms with van der Waals surface area (Å²) in [7, 11) is 0.